The van der Waals surface area contributed by atoms with Crippen LogP contribution in [0.25, 0.3) is 0 Å². The number of tetrazole rings is 1. The maximum Gasteiger partial charge on any atom is 0.352 e. The summed E-state index contributed by atoms with van der Waals surface area (Å²) < 4.78 is 31.2. The minimum absolute atomic E-state index is 0.103. The molecule has 12 nitrogen and oxygen atoms in total. The molecule has 164 valence electrons. The van der Waals surface area contributed by atoms with Crippen molar-refractivity contribution in [3.8, 4) is 0 Å². The predicted octanol–water partition coefficient (Wildman–Crippen LogP) is -1.26. The molecule has 1 aromatic rings. The number of ether oxygens (including phenoxy) is 1. The second kappa shape index (κ2) is 9.67. The number of carbonyl (C=O) groups is 3. The van der Waals surface area contributed by atoms with Gasteiger partial charge in [0.1, 0.15) is 5.70 Å². The van der Waals surface area contributed by atoms with Crippen LogP contribution in [-0.4, -0.2) is 95.9 Å². The molecule has 0 aliphatic carbocycles. The van der Waals surface area contributed by atoms with Crippen LogP contribution < -0.4 is 5.32 Å². The smallest absolute Gasteiger partial charge is 0.352 e. The molecule has 1 saturated heterocycles. The molecule has 3 N–H and O–H groups in total. The largest absolute Gasteiger partial charge is 0.477 e. The highest BCUT2D eigenvalue weighted by molar-refractivity contribution is 8.00. The first-order valence-electron chi connectivity index (χ1n) is 8.42. The minimum atomic E-state index is -2.73. The van der Waals surface area contributed by atoms with Gasteiger partial charge < -0.3 is 20.3 Å². The molecule has 0 bridgehead atoms. The van der Waals surface area contributed by atoms with E-state index in [1.54, 1.807) is 0 Å². The number of aliphatic hydroxyl groups excluding tert-OH is 1. The summed E-state index contributed by atoms with van der Waals surface area (Å²) in [6.07, 6.45) is -1.03. The summed E-state index contributed by atoms with van der Waals surface area (Å²) in [5.74, 6) is -6.00. The van der Waals surface area contributed by atoms with E-state index in [2.05, 4.69) is 20.8 Å². The van der Waals surface area contributed by atoms with Gasteiger partial charge in [0.2, 0.25) is 11.1 Å². The Morgan fingerprint density at radius 3 is 2.83 bits per heavy atom. The number of carboxylic acids is 1. The highest BCUT2D eigenvalue weighted by Crippen LogP contribution is 2.34. The quantitative estimate of drug-likeness (QED) is 0.279. The molecule has 16 heteroatoms. The first-order chi connectivity index (χ1) is 14.3. The van der Waals surface area contributed by atoms with Gasteiger partial charge in [-0.3, -0.25) is 14.5 Å². The van der Waals surface area contributed by atoms with Crippen LogP contribution in [-0.2, 0) is 25.7 Å². The van der Waals surface area contributed by atoms with E-state index in [1.807, 2.05) is 0 Å². The molecule has 2 atom stereocenters. The molecule has 0 radical (unpaired) electrons. The predicted molar refractivity (Wildman–Crippen MR) is 97.3 cm³/mol. The Hall–Kier alpha value is -2.30. The number of thioether (sulfide) groups is 2. The van der Waals surface area contributed by atoms with E-state index in [0.29, 0.717) is 10.7 Å². The lowest BCUT2D eigenvalue weighted by molar-refractivity contribution is -0.184. The third-order valence-corrected chi connectivity index (χ3v) is 5.82. The normalized spacial score (nSPS) is 20.9. The molecule has 3 rings (SSSR count). The fraction of sp³-hybridized carbons (Fsp3) is 0.571. The summed E-state index contributed by atoms with van der Waals surface area (Å²) >= 11 is 1.21. The number of alkyl halides is 2. The number of carbonyl (C=O) groups excluding carboxylic acids is 2. The number of nitrogens with one attached hydrogen (secondary N) is 1. The fourth-order valence-electron chi connectivity index (χ4n) is 2.83. The number of hydrogen-bond acceptors (Lipinski definition) is 10. The van der Waals surface area contributed by atoms with E-state index in [1.165, 1.54) is 4.68 Å². The van der Waals surface area contributed by atoms with Gasteiger partial charge in [-0.1, -0.05) is 23.5 Å². The zero-order chi connectivity index (χ0) is 21.8. The number of amides is 2. The van der Waals surface area contributed by atoms with Crippen molar-refractivity contribution in [2.45, 2.75) is 29.7 Å². The molecule has 0 aromatic carbocycles. The summed E-state index contributed by atoms with van der Waals surface area (Å²) in [6, 6.07) is -1.14. The first-order valence-corrected chi connectivity index (χ1v) is 10.5. The average molecular weight is 466 g/mol. The second-order valence-electron chi connectivity index (χ2n) is 5.98. The SMILES string of the molecule is O=C(CSC(F)F)N[C@@H]1C(=O)N2C(C(=O)O)=C(CSc3nnnn3CCO)CO[C@H]12. The molecule has 0 spiro atoms. The van der Waals surface area contributed by atoms with Crippen LogP contribution in [0, 0.1) is 0 Å². The van der Waals surface area contributed by atoms with Crippen molar-refractivity contribution in [2.75, 3.05) is 24.7 Å². The Morgan fingerprint density at radius 2 is 2.17 bits per heavy atom. The third-order valence-electron chi connectivity index (χ3n) is 4.09. The number of hydrogen-bond donors (Lipinski definition) is 3. The van der Waals surface area contributed by atoms with Crippen molar-refractivity contribution in [3.05, 3.63) is 11.3 Å². The number of aliphatic carboxylic acids is 1. The van der Waals surface area contributed by atoms with E-state index in [-0.39, 0.29) is 43.0 Å². The maximum atomic E-state index is 12.4. The fourth-order valence-corrected chi connectivity index (χ4v) is 4.09. The zero-order valence-corrected chi connectivity index (χ0v) is 16.7. The summed E-state index contributed by atoms with van der Waals surface area (Å²) in [5.41, 5.74) is 0.0334. The van der Waals surface area contributed by atoms with Crippen molar-refractivity contribution in [1.29, 1.82) is 0 Å². The zero-order valence-electron chi connectivity index (χ0n) is 15.1. The number of carboxylic acid groups (broad SMARTS) is 1. The van der Waals surface area contributed by atoms with Crippen molar-refractivity contribution in [2.24, 2.45) is 0 Å². The average Bonchev–Trinajstić information content (AvgIpc) is 3.15. The van der Waals surface area contributed by atoms with E-state index in [0.717, 1.165) is 16.7 Å². The molecule has 2 aliphatic rings. The molecule has 0 saturated carbocycles. The monoisotopic (exact) mass is 466 g/mol. The molecule has 1 aromatic heterocycles. The molecule has 30 heavy (non-hydrogen) atoms. The van der Waals surface area contributed by atoms with Gasteiger partial charge in [0.25, 0.3) is 11.7 Å². The van der Waals surface area contributed by atoms with E-state index in [9.17, 15) is 28.3 Å². The lowest BCUT2D eigenvalue weighted by atomic mass is 9.99. The van der Waals surface area contributed by atoms with Crippen molar-refractivity contribution >= 4 is 41.3 Å². The Balaban J connectivity index is 1.68. The molecule has 0 unspecified atom stereocenters. The van der Waals surface area contributed by atoms with E-state index >= 15 is 0 Å². The number of β-lactam (4-membered cyclic amide) rings is 1. The van der Waals surface area contributed by atoms with Gasteiger partial charge in [0.15, 0.2) is 12.3 Å². The Kier molecular flexibility index (Phi) is 7.22. The van der Waals surface area contributed by atoms with Gasteiger partial charge in [-0.2, -0.15) is 8.78 Å². The molecule has 3 heterocycles. The molecular weight excluding hydrogens is 450 g/mol. The molecule has 1 fully saturated rings. The first kappa shape index (κ1) is 22.4. The summed E-state index contributed by atoms with van der Waals surface area (Å²) in [7, 11) is 0. The van der Waals surface area contributed by atoms with Crippen LogP contribution in [0.15, 0.2) is 16.4 Å². The number of aromatic nitrogens is 4. The lowest BCUT2D eigenvalue weighted by Crippen LogP contribution is -2.73. The number of halogens is 2. The van der Waals surface area contributed by atoms with Crippen LogP contribution >= 0.6 is 23.5 Å². The number of nitrogens with zero attached hydrogens (tertiary/aromatic N) is 5. The second-order valence-corrected chi connectivity index (χ2v) is 7.90. The van der Waals surface area contributed by atoms with Crippen LogP contribution in [0.5, 0.6) is 0 Å². The number of aliphatic hydroxyl groups is 1. The summed E-state index contributed by atoms with van der Waals surface area (Å²) in [4.78, 5) is 36.8. The maximum absolute atomic E-state index is 12.4. The molecule has 2 amide bonds. The van der Waals surface area contributed by atoms with Gasteiger partial charge in [0, 0.05) is 5.75 Å². The van der Waals surface area contributed by atoms with Crippen molar-refractivity contribution in [1.82, 2.24) is 30.4 Å². The summed E-state index contributed by atoms with van der Waals surface area (Å²) in [6.45, 7) is -0.144. The number of rotatable bonds is 10. The Morgan fingerprint density at radius 1 is 1.40 bits per heavy atom. The van der Waals surface area contributed by atoms with Crippen LogP contribution in [0.4, 0.5) is 8.78 Å². The van der Waals surface area contributed by atoms with Crippen LogP contribution in [0.1, 0.15) is 0 Å². The van der Waals surface area contributed by atoms with Gasteiger partial charge in [-0.15, -0.1) is 5.10 Å². The lowest BCUT2D eigenvalue weighted by Gasteiger charge is -2.49. The van der Waals surface area contributed by atoms with E-state index in [4.69, 9.17) is 9.84 Å². The highest BCUT2D eigenvalue weighted by Gasteiger charge is 2.54. The molecule has 2 aliphatic heterocycles. The Bertz CT molecular complexity index is 868. The van der Waals surface area contributed by atoms with Gasteiger partial charge in [-0.05, 0) is 16.0 Å². The third kappa shape index (κ3) is 4.71. The van der Waals surface area contributed by atoms with Crippen LogP contribution in [0.2, 0.25) is 0 Å². The van der Waals surface area contributed by atoms with Crippen LogP contribution in [0.3, 0.4) is 0 Å². The van der Waals surface area contributed by atoms with E-state index < -0.39 is 41.6 Å². The minimum Gasteiger partial charge on any atom is -0.477 e. The van der Waals surface area contributed by atoms with Gasteiger partial charge in [0.05, 0.1) is 25.5 Å². The van der Waals surface area contributed by atoms with Crippen molar-refractivity contribution in [3.63, 3.8) is 0 Å². The number of fused-ring (bicyclic) bond motifs is 1. The van der Waals surface area contributed by atoms with Crippen molar-refractivity contribution < 1.29 is 38.1 Å². The standard InChI is InChI=1S/C14H16F2N6O6S2/c15-13(16)29-5-7(24)17-8-10(25)22-9(12(26)27)6(3-28-11(8)22)4-30-14-18-19-20-21(14)1-2-23/h8,11,13,23H,1-5H2,(H,17,24)(H,26,27)/t8-,11-/m1/s1. The topological polar surface area (TPSA) is 160 Å². The summed E-state index contributed by atoms with van der Waals surface area (Å²) in [5, 5.41) is 32.2. The molecular formula is C14H16F2N6O6S2. The van der Waals surface area contributed by atoms with Gasteiger partial charge >= 0.3 is 5.97 Å². The van der Waals surface area contributed by atoms with Gasteiger partial charge in [-0.25, -0.2) is 9.48 Å². The highest BCUT2D eigenvalue weighted by atomic mass is 32.2. The Labute approximate surface area is 176 Å².